The van der Waals surface area contributed by atoms with E-state index in [1.807, 2.05) is 54.8 Å². The summed E-state index contributed by atoms with van der Waals surface area (Å²) in [5.74, 6) is 0.608. The van der Waals surface area contributed by atoms with Gasteiger partial charge in [-0.15, -0.1) is 11.8 Å². The molecule has 0 atom stereocenters. The second-order valence-electron chi connectivity index (χ2n) is 5.02. The zero-order valence-corrected chi connectivity index (χ0v) is 13.6. The molecule has 0 spiro atoms. The monoisotopic (exact) mass is 323 g/mol. The molecule has 0 saturated heterocycles. The smallest absolute Gasteiger partial charge is 0.244 e. The van der Waals surface area contributed by atoms with Gasteiger partial charge in [-0.3, -0.25) is 4.79 Å². The maximum atomic E-state index is 11.9. The lowest BCUT2D eigenvalue weighted by Crippen LogP contribution is -2.20. The second-order valence-corrected chi connectivity index (χ2v) is 5.90. The predicted molar refractivity (Wildman–Crippen MR) is 95.2 cm³/mol. The minimum Gasteiger partial charge on any atom is -0.345 e. The van der Waals surface area contributed by atoms with Crippen molar-refractivity contribution in [1.82, 2.24) is 15.3 Å². The molecular formula is C18H17N3OS. The SMILES string of the molecule is CSc1ccc(C=CC(=O)NCc2nc3ccccc3[nH]2)cc1. The Labute approximate surface area is 139 Å². The van der Waals surface area contributed by atoms with Crippen molar-refractivity contribution in [1.29, 1.82) is 0 Å². The molecule has 1 aromatic heterocycles. The molecule has 1 heterocycles. The number of aromatic amines is 1. The summed E-state index contributed by atoms with van der Waals surface area (Å²) >= 11 is 1.70. The number of hydrogen-bond acceptors (Lipinski definition) is 3. The molecule has 23 heavy (non-hydrogen) atoms. The van der Waals surface area contributed by atoms with Crippen LogP contribution in [0.4, 0.5) is 0 Å². The first-order chi connectivity index (χ1) is 11.2. The van der Waals surface area contributed by atoms with Gasteiger partial charge in [0.25, 0.3) is 0 Å². The summed E-state index contributed by atoms with van der Waals surface area (Å²) in [5, 5.41) is 2.83. The predicted octanol–water partition coefficient (Wildman–Crippen LogP) is 3.61. The first kappa shape index (κ1) is 15.4. The molecule has 0 bridgehead atoms. The van der Waals surface area contributed by atoms with E-state index < -0.39 is 0 Å². The number of benzene rings is 2. The number of aromatic nitrogens is 2. The number of nitrogens with zero attached hydrogens (tertiary/aromatic N) is 1. The van der Waals surface area contributed by atoms with Crippen LogP contribution in [0.2, 0.25) is 0 Å². The summed E-state index contributed by atoms with van der Waals surface area (Å²) in [4.78, 5) is 20.7. The standard InChI is InChI=1S/C18H17N3OS/c1-23-14-9-6-13(7-10-14)8-11-18(22)19-12-17-20-15-4-2-3-5-16(15)21-17/h2-11H,12H2,1H3,(H,19,22)(H,20,21). The highest BCUT2D eigenvalue weighted by Crippen LogP contribution is 2.15. The van der Waals surface area contributed by atoms with Crippen LogP contribution in [-0.4, -0.2) is 22.1 Å². The number of imidazole rings is 1. The molecule has 2 N–H and O–H groups in total. The molecular weight excluding hydrogens is 306 g/mol. The number of para-hydroxylation sites is 2. The number of amides is 1. The number of thioether (sulfide) groups is 1. The van der Waals surface area contributed by atoms with Crippen LogP contribution in [0.1, 0.15) is 11.4 Å². The van der Waals surface area contributed by atoms with Gasteiger partial charge in [0, 0.05) is 11.0 Å². The number of rotatable bonds is 5. The summed E-state index contributed by atoms with van der Waals surface area (Å²) in [5.41, 5.74) is 2.88. The van der Waals surface area contributed by atoms with Crippen LogP contribution < -0.4 is 5.32 Å². The van der Waals surface area contributed by atoms with Crippen LogP contribution in [0.25, 0.3) is 17.1 Å². The summed E-state index contributed by atoms with van der Waals surface area (Å²) < 4.78 is 0. The maximum Gasteiger partial charge on any atom is 0.244 e. The summed E-state index contributed by atoms with van der Waals surface area (Å²) in [6.45, 7) is 0.378. The average molecular weight is 323 g/mol. The fourth-order valence-corrected chi connectivity index (χ4v) is 2.61. The molecule has 3 rings (SSSR count). The minimum atomic E-state index is -0.139. The maximum absolute atomic E-state index is 11.9. The van der Waals surface area contributed by atoms with Crippen molar-refractivity contribution < 1.29 is 4.79 Å². The number of H-pyrrole nitrogens is 1. The van der Waals surface area contributed by atoms with Gasteiger partial charge >= 0.3 is 0 Å². The fourth-order valence-electron chi connectivity index (χ4n) is 2.21. The van der Waals surface area contributed by atoms with Gasteiger partial charge in [0.05, 0.1) is 17.6 Å². The lowest BCUT2D eigenvalue weighted by molar-refractivity contribution is -0.116. The average Bonchev–Trinajstić information content (AvgIpc) is 3.01. The Bertz CT molecular complexity index is 804. The van der Waals surface area contributed by atoms with Gasteiger partial charge in [0.1, 0.15) is 5.82 Å². The van der Waals surface area contributed by atoms with Gasteiger partial charge < -0.3 is 10.3 Å². The lowest BCUT2D eigenvalue weighted by Gasteiger charge is -1.99. The Morgan fingerprint density at radius 1 is 1.22 bits per heavy atom. The van der Waals surface area contributed by atoms with Crippen LogP contribution in [0, 0.1) is 0 Å². The van der Waals surface area contributed by atoms with Gasteiger partial charge in [-0.25, -0.2) is 4.98 Å². The Hall–Kier alpha value is -2.53. The van der Waals surface area contributed by atoms with Crippen LogP contribution in [0.15, 0.2) is 59.5 Å². The quantitative estimate of drug-likeness (QED) is 0.557. The molecule has 0 saturated carbocycles. The topological polar surface area (TPSA) is 57.8 Å². The van der Waals surface area contributed by atoms with E-state index in [0.717, 1.165) is 22.4 Å². The molecule has 2 aromatic carbocycles. The summed E-state index contributed by atoms with van der Waals surface area (Å²) in [7, 11) is 0. The Balaban J connectivity index is 1.57. The van der Waals surface area contributed by atoms with E-state index in [9.17, 15) is 4.79 Å². The van der Waals surface area contributed by atoms with E-state index in [0.29, 0.717) is 6.54 Å². The summed E-state index contributed by atoms with van der Waals surface area (Å²) in [6, 6.07) is 15.9. The lowest BCUT2D eigenvalue weighted by atomic mass is 10.2. The first-order valence-corrected chi connectivity index (χ1v) is 8.50. The third kappa shape index (κ3) is 4.02. The van der Waals surface area contributed by atoms with Crippen molar-refractivity contribution in [2.45, 2.75) is 11.4 Å². The molecule has 0 fully saturated rings. The molecule has 3 aromatic rings. The molecule has 0 aliphatic carbocycles. The van der Waals surface area contributed by atoms with Crippen molar-refractivity contribution in [3.63, 3.8) is 0 Å². The van der Waals surface area contributed by atoms with Crippen LogP contribution in [0.3, 0.4) is 0 Å². The van der Waals surface area contributed by atoms with Gasteiger partial charge in [-0.2, -0.15) is 0 Å². The molecule has 0 radical (unpaired) electrons. The van der Waals surface area contributed by atoms with Gasteiger partial charge in [-0.05, 0) is 42.2 Å². The number of hydrogen-bond donors (Lipinski definition) is 2. The molecule has 0 aliphatic heterocycles. The Morgan fingerprint density at radius 2 is 2.00 bits per heavy atom. The van der Waals surface area contributed by atoms with Crippen molar-refractivity contribution in [3.05, 3.63) is 66.0 Å². The van der Waals surface area contributed by atoms with Crippen molar-refractivity contribution in [2.24, 2.45) is 0 Å². The zero-order valence-electron chi connectivity index (χ0n) is 12.7. The highest BCUT2D eigenvalue weighted by Gasteiger charge is 2.02. The Morgan fingerprint density at radius 3 is 2.74 bits per heavy atom. The van der Waals surface area contributed by atoms with E-state index in [2.05, 4.69) is 15.3 Å². The van der Waals surface area contributed by atoms with Crippen molar-refractivity contribution >= 4 is 34.8 Å². The van der Waals surface area contributed by atoms with E-state index in [-0.39, 0.29) is 5.91 Å². The van der Waals surface area contributed by atoms with E-state index in [4.69, 9.17) is 0 Å². The first-order valence-electron chi connectivity index (χ1n) is 7.28. The molecule has 0 aliphatic rings. The third-order valence-electron chi connectivity index (χ3n) is 3.41. The number of nitrogens with one attached hydrogen (secondary N) is 2. The number of carbonyl (C=O) groups is 1. The molecule has 0 unspecified atom stereocenters. The second kappa shape index (κ2) is 7.15. The van der Waals surface area contributed by atoms with Crippen LogP contribution in [-0.2, 0) is 11.3 Å². The minimum absolute atomic E-state index is 0.139. The Kier molecular flexibility index (Phi) is 4.78. The zero-order chi connectivity index (χ0) is 16.1. The molecule has 5 heteroatoms. The number of carbonyl (C=O) groups excluding carboxylic acids is 1. The highest BCUT2D eigenvalue weighted by atomic mass is 32.2. The van der Waals surface area contributed by atoms with Gasteiger partial charge in [0.2, 0.25) is 5.91 Å². The largest absolute Gasteiger partial charge is 0.345 e. The molecule has 116 valence electrons. The van der Waals surface area contributed by atoms with E-state index in [1.54, 1.807) is 17.8 Å². The van der Waals surface area contributed by atoms with Gasteiger partial charge in [-0.1, -0.05) is 24.3 Å². The van der Waals surface area contributed by atoms with E-state index in [1.165, 1.54) is 11.0 Å². The van der Waals surface area contributed by atoms with Crippen LogP contribution in [0.5, 0.6) is 0 Å². The summed E-state index contributed by atoms with van der Waals surface area (Å²) in [6.07, 6.45) is 5.38. The van der Waals surface area contributed by atoms with Crippen molar-refractivity contribution in [3.8, 4) is 0 Å². The van der Waals surface area contributed by atoms with E-state index >= 15 is 0 Å². The highest BCUT2D eigenvalue weighted by molar-refractivity contribution is 7.98. The van der Waals surface area contributed by atoms with Gasteiger partial charge in [0.15, 0.2) is 0 Å². The molecule has 4 nitrogen and oxygen atoms in total. The number of fused-ring (bicyclic) bond motifs is 1. The van der Waals surface area contributed by atoms with Crippen molar-refractivity contribution in [2.75, 3.05) is 6.26 Å². The third-order valence-corrected chi connectivity index (χ3v) is 4.16. The normalized spacial score (nSPS) is 11.2. The molecule has 1 amide bonds. The fraction of sp³-hybridized carbons (Fsp3) is 0.111. The van der Waals surface area contributed by atoms with Crippen LogP contribution >= 0.6 is 11.8 Å².